The quantitative estimate of drug-likeness (QED) is 0.803. The summed E-state index contributed by atoms with van der Waals surface area (Å²) in [5.74, 6) is 0. The molecule has 0 amide bonds. The van der Waals surface area contributed by atoms with Crippen LogP contribution in [-0.4, -0.2) is 24.7 Å². The highest BCUT2D eigenvalue weighted by atomic mass is 16.5. The smallest absolute Gasteiger partial charge is 0.0867 e. The Labute approximate surface area is 98.2 Å². The summed E-state index contributed by atoms with van der Waals surface area (Å²) in [5, 5.41) is 3.35. The number of ether oxygens (including phenoxy) is 1. The van der Waals surface area contributed by atoms with Crippen LogP contribution in [0.15, 0.2) is 24.5 Å². The second-order valence-electron chi connectivity index (χ2n) is 3.98. The number of hydrogen-bond acceptors (Lipinski definition) is 3. The molecule has 0 aliphatic rings. The molecule has 0 saturated heterocycles. The molecule has 1 unspecified atom stereocenters. The second-order valence-corrected chi connectivity index (χ2v) is 3.98. The first-order chi connectivity index (χ1) is 7.74. The molecule has 0 saturated carbocycles. The Morgan fingerprint density at radius 2 is 2.12 bits per heavy atom. The van der Waals surface area contributed by atoms with Gasteiger partial charge in [0.1, 0.15) is 0 Å². The van der Waals surface area contributed by atoms with Crippen LogP contribution in [0.25, 0.3) is 0 Å². The van der Waals surface area contributed by atoms with E-state index in [0.29, 0.717) is 0 Å². The molecular formula is C13H22N2O. The Kier molecular flexibility index (Phi) is 4.90. The van der Waals surface area contributed by atoms with E-state index in [2.05, 4.69) is 30.2 Å². The van der Waals surface area contributed by atoms with Gasteiger partial charge in [-0.15, -0.1) is 0 Å². The molecule has 1 aromatic heterocycles. The van der Waals surface area contributed by atoms with Crippen LogP contribution in [0.5, 0.6) is 0 Å². The van der Waals surface area contributed by atoms with Crippen molar-refractivity contribution in [2.24, 2.45) is 0 Å². The van der Waals surface area contributed by atoms with Crippen molar-refractivity contribution in [3.05, 3.63) is 30.1 Å². The molecule has 0 fully saturated rings. The zero-order valence-electron chi connectivity index (χ0n) is 10.7. The van der Waals surface area contributed by atoms with Crippen molar-refractivity contribution in [2.45, 2.75) is 38.3 Å². The number of nitrogens with one attached hydrogen (secondary N) is 1. The van der Waals surface area contributed by atoms with E-state index in [1.54, 1.807) is 13.3 Å². The van der Waals surface area contributed by atoms with Gasteiger partial charge in [0.15, 0.2) is 0 Å². The van der Waals surface area contributed by atoms with Gasteiger partial charge < -0.3 is 10.1 Å². The number of hydrogen-bond donors (Lipinski definition) is 1. The fourth-order valence-electron chi connectivity index (χ4n) is 2.34. The van der Waals surface area contributed by atoms with Gasteiger partial charge in [-0.1, -0.05) is 19.9 Å². The van der Waals surface area contributed by atoms with Gasteiger partial charge in [-0.25, -0.2) is 0 Å². The Balaban J connectivity index is 3.05. The minimum Gasteiger partial charge on any atom is -0.376 e. The summed E-state index contributed by atoms with van der Waals surface area (Å²) in [7, 11) is 3.75. The van der Waals surface area contributed by atoms with Crippen molar-refractivity contribution in [3.8, 4) is 0 Å². The monoisotopic (exact) mass is 222 g/mol. The molecule has 0 spiro atoms. The summed E-state index contributed by atoms with van der Waals surface area (Å²) >= 11 is 0. The molecule has 0 bridgehead atoms. The molecule has 1 aromatic rings. The lowest BCUT2D eigenvalue weighted by atomic mass is 9.84. The number of aromatic nitrogens is 1. The van der Waals surface area contributed by atoms with E-state index in [0.717, 1.165) is 12.8 Å². The molecule has 16 heavy (non-hydrogen) atoms. The molecule has 1 N–H and O–H groups in total. The van der Waals surface area contributed by atoms with Gasteiger partial charge in [0.25, 0.3) is 0 Å². The fraction of sp³-hybridized carbons (Fsp3) is 0.615. The van der Waals surface area contributed by atoms with Crippen LogP contribution < -0.4 is 5.32 Å². The van der Waals surface area contributed by atoms with E-state index in [1.807, 2.05) is 19.3 Å². The van der Waals surface area contributed by atoms with Crippen molar-refractivity contribution >= 4 is 0 Å². The molecule has 0 radical (unpaired) electrons. The SMILES string of the molecule is CCC(CC)(OC)C(NC)c1cccnc1. The Hall–Kier alpha value is -0.930. The maximum Gasteiger partial charge on any atom is 0.0867 e. The first kappa shape index (κ1) is 13.1. The van der Waals surface area contributed by atoms with Gasteiger partial charge in [0, 0.05) is 19.5 Å². The van der Waals surface area contributed by atoms with Gasteiger partial charge in [0.2, 0.25) is 0 Å². The predicted molar refractivity (Wildman–Crippen MR) is 66.4 cm³/mol. The average Bonchev–Trinajstić information content (AvgIpc) is 2.37. The van der Waals surface area contributed by atoms with Crippen LogP contribution in [0.4, 0.5) is 0 Å². The van der Waals surface area contributed by atoms with Crippen molar-refractivity contribution < 1.29 is 4.74 Å². The summed E-state index contributed by atoms with van der Waals surface area (Å²) in [6.45, 7) is 4.32. The Morgan fingerprint density at radius 1 is 1.44 bits per heavy atom. The van der Waals surface area contributed by atoms with Crippen molar-refractivity contribution in [2.75, 3.05) is 14.2 Å². The highest BCUT2D eigenvalue weighted by Crippen LogP contribution is 2.34. The minimum absolute atomic E-state index is 0.155. The number of rotatable bonds is 6. The van der Waals surface area contributed by atoms with E-state index in [9.17, 15) is 0 Å². The summed E-state index contributed by atoms with van der Waals surface area (Å²) in [4.78, 5) is 4.17. The summed E-state index contributed by atoms with van der Waals surface area (Å²) in [6.07, 6.45) is 5.64. The normalized spacial score (nSPS) is 13.8. The number of pyridine rings is 1. The van der Waals surface area contributed by atoms with Crippen molar-refractivity contribution in [1.82, 2.24) is 10.3 Å². The molecule has 1 atom stereocenters. The molecule has 0 aliphatic carbocycles. The largest absolute Gasteiger partial charge is 0.376 e. The predicted octanol–water partition coefficient (Wildman–Crippen LogP) is 2.55. The first-order valence-corrected chi connectivity index (χ1v) is 5.86. The van der Waals surface area contributed by atoms with Crippen LogP contribution in [0.2, 0.25) is 0 Å². The van der Waals surface area contributed by atoms with Crippen molar-refractivity contribution in [3.63, 3.8) is 0 Å². The molecule has 1 rings (SSSR count). The summed E-state index contributed by atoms with van der Waals surface area (Å²) in [5.41, 5.74) is 1.02. The average molecular weight is 222 g/mol. The lowest BCUT2D eigenvalue weighted by Gasteiger charge is -2.38. The zero-order chi connectivity index (χ0) is 12.0. The highest BCUT2D eigenvalue weighted by Gasteiger charge is 2.35. The van der Waals surface area contributed by atoms with Crippen molar-refractivity contribution in [1.29, 1.82) is 0 Å². The second kappa shape index (κ2) is 5.97. The first-order valence-electron chi connectivity index (χ1n) is 5.86. The van der Waals surface area contributed by atoms with Crippen LogP contribution in [-0.2, 0) is 4.74 Å². The zero-order valence-corrected chi connectivity index (χ0v) is 10.7. The minimum atomic E-state index is -0.155. The van der Waals surface area contributed by atoms with Crippen LogP contribution in [0, 0.1) is 0 Å². The molecule has 0 aliphatic heterocycles. The van der Waals surface area contributed by atoms with E-state index in [4.69, 9.17) is 4.74 Å². The third kappa shape index (κ3) is 2.42. The van der Waals surface area contributed by atoms with Crippen LogP contribution >= 0.6 is 0 Å². The molecule has 1 heterocycles. The third-order valence-corrected chi connectivity index (χ3v) is 3.44. The Bertz CT molecular complexity index is 288. The van der Waals surface area contributed by atoms with Crippen LogP contribution in [0.1, 0.15) is 38.3 Å². The van der Waals surface area contributed by atoms with Gasteiger partial charge in [-0.05, 0) is 31.5 Å². The fourth-order valence-corrected chi connectivity index (χ4v) is 2.34. The number of likely N-dealkylation sites (N-methyl/N-ethyl adjacent to an activating group) is 1. The van der Waals surface area contributed by atoms with E-state index in [-0.39, 0.29) is 11.6 Å². The van der Waals surface area contributed by atoms with Gasteiger partial charge >= 0.3 is 0 Å². The molecule has 0 aromatic carbocycles. The third-order valence-electron chi connectivity index (χ3n) is 3.44. The van der Waals surface area contributed by atoms with Crippen LogP contribution in [0.3, 0.4) is 0 Å². The van der Waals surface area contributed by atoms with Gasteiger partial charge in [-0.2, -0.15) is 0 Å². The number of methoxy groups -OCH3 is 1. The maximum absolute atomic E-state index is 5.75. The topological polar surface area (TPSA) is 34.1 Å². The molecule has 3 heteroatoms. The highest BCUT2D eigenvalue weighted by molar-refractivity contribution is 5.18. The molecular weight excluding hydrogens is 200 g/mol. The Morgan fingerprint density at radius 3 is 2.50 bits per heavy atom. The van der Waals surface area contributed by atoms with E-state index >= 15 is 0 Å². The van der Waals surface area contributed by atoms with E-state index < -0.39 is 0 Å². The lowest BCUT2D eigenvalue weighted by molar-refractivity contribution is -0.0468. The van der Waals surface area contributed by atoms with E-state index in [1.165, 1.54) is 5.56 Å². The number of nitrogens with zero attached hydrogens (tertiary/aromatic N) is 1. The van der Waals surface area contributed by atoms with Gasteiger partial charge in [0.05, 0.1) is 11.6 Å². The molecule has 3 nitrogen and oxygen atoms in total. The van der Waals surface area contributed by atoms with Gasteiger partial charge in [-0.3, -0.25) is 4.98 Å². The maximum atomic E-state index is 5.75. The lowest BCUT2D eigenvalue weighted by Crippen LogP contribution is -2.43. The summed E-state index contributed by atoms with van der Waals surface area (Å²) in [6, 6.07) is 4.24. The molecule has 90 valence electrons. The summed E-state index contributed by atoms with van der Waals surface area (Å²) < 4.78 is 5.75. The standard InChI is InChI=1S/C13H22N2O/c1-5-13(6-2,16-4)12(14-3)11-8-7-9-15-10-11/h7-10,12,14H,5-6H2,1-4H3.